The highest BCUT2D eigenvalue weighted by atomic mass is 16.2. The van der Waals surface area contributed by atoms with Crippen LogP contribution in [0.2, 0.25) is 0 Å². The minimum absolute atomic E-state index is 0.0250. The maximum Gasteiger partial charge on any atom is 0.255 e. The van der Waals surface area contributed by atoms with Crippen molar-refractivity contribution < 1.29 is 9.59 Å². The highest BCUT2D eigenvalue weighted by molar-refractivity contribution is 5.95. The van der Waals surface area contributed by atoms with Crippen molar-refractivity contribution in [3.05, 3.63) is 71.8 Å². The van der Waals surface area contributed by atoms with E-state index in [0.29, 0.717) is 25.2 Å². The largest absolute Gasteiger partial charge is 0.328 e. The monoisotopic (exact) mass is 308 g/mol. The van der Waals surface area contributed by atoms with Crippen LogP contribution in [-0.4, -0.2) is 41.9 Å². The molecule has 118 valence electrons. The molecule has 1 saturated heterocycles. The van der Waals surface area contributed by atoms with Crippen LogP contribution in [0.25, 0.3) is 0 Å². The fourth-order valence-electron chi connectivity index (χ4n) is 3.00. The van der Waals surface area contributed by atoms with Gasteiger partial charge in [0.05, 0.1) is 12.6 Å². The molecule has 0 spiro atoms. The lowest BCUT2D eigenvalue weighted by Gasteiger charge is -2.38. The van der Waals surface area contributed by atoms with Crippen molar-refractivity contribution in [1.29, 1.82) is 0 Å². The van der Waals surface area contributed by atoms with Crippen molar-refractivity contribution in [2.75, 3.05) is 20.3 Å². The van der Waals surface area contributed by atoms with Gasteiger partial charge in [-0.1, -0.05) is 48.5 Å². The van der Waals surface area contributed by atoms with Crippen molar-refractivity contribution >= 4 is 11.8 Å². The van der Waals surface area contributed by atoms with E-state index in [4.69, 9.17) is 0 Å². The predicted molar refractivity (Wildman–Crippen MR) is 88.8 cm³/mol. The number of carbonyl (C=O) groups excluding carboxylic acids is 2. The maximum absolute atomic E-state index is 12.6. The first kappa shape index (κ1) is 15.3. The molecule has 0 unspecified atom stereocenters. The normalized spacial score (nSPS) is 18.1. The SMILES string of the molecule is CN1CN(C(=O)c2ccccc2)C[C@H](Cc2ccccc2)C1=O. The summed E-state index contributed by atoms with van der Waals surface area (Å²) in [6.07, 6.45) is 0.655. The van der Waals surface area contributed by atoms with Gasteiger partial charge in [0.25, 0.3) is 5.91 Å². The van der Waals surface area contributed by atoms with Crippen LogP contribution in [0.5, 0.6) is 0 Å². The molecule has 0 N–H and O–H groups in total. The fourth-order valence-corrected chi connectivity index (χ4v) is 3.00. The Morgan fingerprint density at radius 2 is 1.65 bits per heavy atom. The van der Waals surface area contributed by atoms with Gasteiger partial charge in [0.1, 0.15) is 0 Å². The van der Waals surface area contributed by atoms with Crippen LogP contribution in [0, 0.1) is 5.92 Å². The van der Waals surface area contributed by atoms with Gasteiger partial charge in [0.15, 0.2) is 0 Å². The number of hydrogen-bond acceptors (Lipinski definition) is 2. The molecule has 0 radical (unpaired) electrons. The van der Waals surface area contributed by atoms with Gasteiger partial charge in [-0.15, -0.1) is 0 Å². The van der Waals surface area contributed by atoms with Gasteiger partial charge in [-0.2, -0.15) is 0 Å². The van der Waals surface area contributed by atoms with Gasteiger partial charge in [-0.25, -0.2) is 0 Å². The molecule has 1 heterocycles. The van der Waals surface area contributed by atoms with E-state index in [2.05, 4.69) is 0 Å². The van der Waals surface area contributed by atoms with Gasteiger partial charge in [-0.3, -0.25) is 9.59 Å². The van der Waals surface area contributed by atoms with Gasteiger partial charge in [0.2, 0.25) is 5.91 Å². The molecule has 0 aliphatic carbocycles. The molecular formula is C19H20N2O2. The van der Waals surface area contributed by atoms with Crippen LogP contribution in [0.1, 0.15) is 15.9 Å². The molecule has 1 aliphatic heterocycles. The van der Waals surface area contributed by atoms with Crippen molar-refractivity contribution in [3.8, 4) is 0 Å². The van der Waals surface area contributed by atoms with E-state index >= 15 is 0 Å². The Morgan fingerprint density at radius 3 is 2.30 bits per heavy atom. The Labute approximate surface area is 136 Å². The summed E-state index contributed by atoms with van der Waals surface area (Å²) in [5.74, 6) is -0.113. The molecule has 1 aliphatic rings. The van der Waals surface area contributed by atoms with Gasteiger partial charge < -0.3 is 9.80 Å². The third kappa shape index (κ3) is 3.42. The van der Waals surface area contributed by atoms with Crippen LogP contribution in [-0.2, 0) is 11.2 Å². The summed E-state index contributed by atoms with van der Waals surface area (Å²) >= 11 is 0. The topological polar surface area (TPSA) is 40.6 Å². The summed E-state index contributed by atoms with van der Waals surface area (Å²) in [6, 6.07) is 19.2. The average Bonchev–Trinajstić information content (AvgIpc) is 2.60. The Bertz CT molecular complexity index is 685. The van der Waals surface area contributed by atoms with Crippen molar-refractivity contribution in [1.82, 2.24) is 9.80 Å². The third-order valence-corrected chi connectivity index (χ3v) is 4.18. The second-order valence-corrected chi connectivity index (χ2v) is 5.96. The quantitative estimate of drug-likeness (QED) is 0.874. The Kier molecular flexibility index (Phi) is 4.42. The van der Waals surface area contributed by atoms with Gasteiger partial charge in [0, 0.05) is 19.2 Å². The summed E-state index contributed by atoms with van der Waals surface area (Å²) in [6.45, 7) is 0.809. The number of nitrogens with zero attached hydrogens (tertiary/aromatic N) is 2. The number of benzene rings is 2. The molecule has 4 heteroatoms. The summed E-state index contributed by atoms with van der Waals surface area (Å²) in [7, 11) is 1.75. The molecule has 0 bridgehead atoms. The molecule has 4 nitrogen and oxygen atoms in total. The lowest BCUT2D eigenvalue weighted by atomic mass is 9.95. The zero-order valence-electron chi connectivity index (χ0n) is 13.2. The van der Waals surface area contributed by atoms with E-state index in [9.17, 15) is 9.59 Å². The lowest BCUT2D eigenvalue weighted by molar-refractivity contribution is -0.140. The first-order chi connectivity index (χ1) is 11.1. The molecule has 0 aromatic heterocycles. The summed E-state index contributed by atoms with van der Waals surface area (Å²) in [4.78, 5) is 28.5. The standard InChI is InChI=1S/C19H20N2O2/c1-20-14-21(19(23)16-10-6-3-7-11-16)13-17(18(20)22)12-15-8-4-2-5-9-15/h2-11,17H,12-14H2,1H3/t17-/m0/s1. The van der Waals surface area contributed by atoms with Crippen LogP contribution in [0.15, 0.2) is 60.7 Å². The molecular weight excluding hydrogens is 288 g/mol. The highest BCUT2D eigenvalue weighted by Crippen LogP contribution is 2.19. The van der Waals surface area contributed by atoms with Crippen molar-refractivity contribution in [2.45, 2.75) is 6.42 Å². The van der Waals surface area contributed by atoms with Crippen LogP contribution in [0.3, 0.4) is 0 Å². The third-order valence-electron chi connectivity index (χ3n) is 4.18. The number of hydrogen-bond donors (Lipinski definition) is 0. The molecule has 1 atom stereocenters. The summed E-state index contributed by atoms with van der Waals surface area (Å²) < 4.78 is 0. The first-order valence-corrected chi connectivity index (χ1v) is 7.78. The summed E-state index contributed by atoms with van der Waals surface area (Å²) in [5.41, 5.74) is 1.78. The molecule has 1 fully saturated rings. The van der Waals surface area contributed by atoms with Gasteiger partial charge >= 0.3 is 0 Å². The van der Waals surface area contributed by atoms with E-state index in [-0.39, 0.29) is 17.7 Å². The van der Waals surface area contributed by atoms with Crippen LogP contribution < -0.4 is 0 Å². The van der Waals surface area contributed by atoms with E-state index in [1.54, 1.807) is 16.8 Å². The lowest BCUT2D eigenvalue weighted by Crippen LogP contribution is -2.54. The second-order valence-electron chi connectivity index (χ2n) is 5.96. The number of carbonyl (C=O) groups is 2. The Morgan fingerprint density at radius 1 is 1.04 bits per heavy atom. The van der Waals surface area contributed by atoms with E-state index in [1.807, 2.05) is 60.7 Å². The molecule has 2 aromatic carbocycles. The molecule has 2 aromatic rings. The fraction of sp³-hybridized carbons (Fsp3) is 0.263. The van der Waals surface area contributed by atoms with E-state index < -0.39 is 0 Å². The number of rotatable bonds is 3. The summed E-state index contributed by atoms with van der Waals surface area (Å²) in [5, 5.41) is 0. The smallest absolute Gasteiger partial charge is 0.255 e. The Balaban J connectivity index is 1.76. The van der Waals surface area contributed by atoms with Gasteiger partial charge in [-0.05, 0) is 24.1 Å². The van der Waals surface area contributed by atoms with Crippen molar-refractivity contribution in [3.63, 3.8) is 0 Å². The highest BCUT2D eigenvalue weighted by Gasteiger charge is 2.33. The first-order valence-electron chi connectivity index (χ1n) is 7.78. The number of amides is 2. The minimum Gasteiger partial charge on any atom is -0.328 e. The minimum atomic E-state index is -0.191. The van der Waals surface area contributed by atoms with Crippen molar-refractivity contribution in [2.24, 2.45) is 5.92 Å². The zero-order chi connectivity index (χ0) is 16.2. The maximum atomic E-state index is 12.6. The molecule has 23 heavy (non-hydrogen) atoms. The van der Waals surface area contributed by atoms with E-state index in [0.717, 1.165) is 5.56 Å². The molecule has 2 amide bonds. The average molecular weight is 308 g/mol. The van der Waals surface area contributed by atoms with E-state index in [1.165, 1.54) is 0 Å². The Hall–Kier alpha value is -2.62. The predicted octanol–water partition coefficient (Wildman–Crippen LogP) is 2.42. The van der Waals surface area contributed by atoms with Crippen LogP contribution in [0.4, 0.5) is 0 Å². The molecule has 3 rings (SSSR count). The zero-order valence-corrected chi connectivity index (χ0v) is 13.2. The second kappa shape index (κ2) is 6.65. The van der Waals surface area contributed by atoms with Crippen LogP contribution >= 0.6 is 0 Å². The molecule has 0 saturated carbocycles.